The molecule has 0 saturated heterocycles. The zero-order chi connectivity index (χ0) is 19.1. The second kappa shape index (κ2) is 9.04. The highest BCUT2D eigenvalue weighted by atomic mass is 16.4. The van der Waals surface area contributed by atoms with Gasteiger partial charge in [0.25, 0.3) is 0 Å². The number of hydrogen-bond acceptors (Lipinski definition) is 4. The van der Waals surface area contributed by atoms with Crippen LogP contribution in [-0.2, 0) is 11.2 Å². The van der Waals surface area contributed by atoms with Gasteiger partial charge in [0.2, 0.25) is 0 Å². The van der Waals surface area contributed by atoms with Crippen molar-refractivity contribution in [2.75, 3.05) is 0 Å². The van der Waals surface area contributed by atoms with Gasteiger partial charge in [0.15, 0.2) is 0 Å². The lowest BCUT2D eigenvalue weighted by Gasteiger charge is -2.11. The maximum Gasteiger partial charge on any atom is 0.137 e. The van der Waals surface area contributed by atoms with Gasteiger partial charge in [-0.15, -0.1) is 5.92 Å². The highest BCUT2D eigenvalue weighted by Crippen LogP contribution is 2.27. The number of fused-ring (bicyclic) bond motifs is 1. The van der Waals surface area contributed by atoms with Crippen LogP contribution in [0.2, 0.25) is 0 Å². The number of rotatable bonds is 3. The first-order valence-electron chi connectivity index (χ1n) is 8.42. The molecular formula is C21H23NO4. The number of carboxylic acid groups (broad SMARTS) is 1. The molecule has 1 aliphatic carbocycles. The smallest absolute Gasteiger partial charge is 0.137 e. The summed E-state index contributed by atoms with van der Waals surface area (Å²) in [4.78, 5) is 10.5. The second-order valence-corrected chi connectivity index (χ2v) is 6.19. The fraction of sp³-hybridized carbons (Fsp3) is 0.286. The summed E-state index contributed by atoms with van der Waals surface area (Å²) in [5, 5.41) is 29.0. The Kier molecular flexibility index (Phi) is 6.79. The molecule has 5 nitrogen and oxygen atoms in total. The minimum absolute atomic E-state index is 0.0752. The van der Waals surface area contributed by atoms with Crippen LogP contribution < -0.4 is 10.8 Å². The summed E-state index contributed by atoms with van der Waals surface area (Å²) >= 11 is 0. The van der Waals surface area contributed by atoms with E-state index in [1.54, 1.807) is 19.1 Å². The molecule has 0 unspecified atom stereocenters. The Hall–Kier alpha value is -2.81. The highest BCUT2D eigenvalue weighted by molar-refractivity contribution is 5.66. The number of quaternary nitrogens is 1. The number of benzene rings is 2. The normalized spacial score (nSPS) is 18.6. The Morgan fingerprint density at radius 2 is 1.92 bits per heavy atom. The molecule has 3 atom stereocenters. The van der Waals surface area contributed by atoms with Gasteiger partial charge in [-0.05, 0) is 30.2 Å². The number of carboxylic acids is 1. The summed E-state index contributed by atoms with van der Waals surface area (Å²) in [6.45, 7) is 1.66. The van der Waals surface area contributed by atoms with E-state index in [4.69, 9.17) is 5.11 Å². The van der Waals surface area contributed by atoms with Crippen molar-refractivity contribution in [3.8, 4) is 17.6 Å². The molecule has 1 aliphatic rings. The summed E-state index contributed by atoms with van der Waals surface area (Å²) in [5.74, 6) is 4.13. The van der Waals surface area contributed by atoms with E-state index in [1.165, 1.54) is 23.3 Å². The Balaban J connectivity index is 0.000000195. The third kappa shape index (κ3) is 5.09. The van der Waals surface area contributed by atoms with Gasteiger partial charge in [0.1, 0.15) is 17.9 Å². The van der Waals surface area contributed by atoms with E-state index in [-0.39, 0.29) is 30.2 Å². The summed E-state index contributed by atoms with van der Waals surface area (Å²) in [6, 6.07) is 14.5. The third-order valence-corrected chi connectivity index (χ3v) is 4.33. The molecule has 0 fully saturated rings. The predicted molar refractivity (Wildman–Crippen MR) is 95.7 cm³/mol. The number of carbonyl (C=O) groups excluding carboxylic acids is 1. The monoisotopic (exact) mass is 353 g/mol. The van der Waals surface area contributed by atoms with Gasteiger partial charge in [-0.2, -0.15) is 0 Å². The van der Waals surface area contributed by atoms with Gasteiger partial charge in [-0.25, -0.2) is 0 Å². The molecule has 5 N–H and O–H groups in total. The van der Waals surface area contributed by atoms with E-state index in [0.717, 1.165) is 12.0 Å². The average Bonchev–Trinajstić information content (AvgIpc) is 2.90. The number of aliphatic hydroxyl groups is 1. The molecule has 136 valence electrons. The van der Waals surface area contributed by atoms with Crippen molar-refractivity contribution in [3.63, 3.8) is 0 Å². The molecule has 0 heterocycles. The van der Waals surface area contributed by atoms with Crippen LogP contribution in [-0.4, -0.2) is 22.3 Å². The largest absolute Gasteiger partial charge is 0.550 e. The third-order valence-electron chi connectivity index (χ3n) is 4.33. The van der Waals surface area contributed by atoms with Crippen LogP contribution in [0.4, 0.5) is 0 Å². The lowest BCUT2D eigenvalue weighted by Crippen LogP contribution is -2.57. The van der Waals surface area contributed by atoms with Crippen molar-refractivity contribution >= 4 is 5.97 Å². The molecular weight excluding hydrogens is 330 g/mol. The minimum Gasteiger partial charge on any atom is -0.550 e. The van der Waals surface area contributed by atoms with E-state index in [0.29, 0.717) is 0 Å². The second-order valence-electron chi connectivity index (χ2n) is 6.19. The molecule has 0 aliphatic heterocycles. The molecule has 5 heteroatoms. The SMILES string of the molecule is CC#C[C@H](CC(=O)[O-])c1ccc(O)cc1.[NH3+][C@@H]1c2ccccc2C[C@@H]1O. The number of carbonyl (C=O) groups is 1. The first-order chi connectivity index (χ1) is 12.4. The molecule has 0 spiro atoms. The zero-order valence-corrected chi connectivity index (χ0v) is 14.7. The quantitative estimate of drug-likeness (QED) is 0.699. The maximum absolute atomic E-state index is 10.5. The van der Waals surface area contributed by atoms with E-state index in [9.17, 15) is 15.0 Å². The van der Waals surface area contributed by atoms with Gasteiger partial charge in [-0.3, -0.25) is 0 Å². The zero-order valence-electron chi connectivity index (χ0n) is 14.7. The first-order valence-corrected chi connectivity index (χ1v) is 8.42. The van der Waals surface area contributed by atoms with E-state index in [2.05, 4.69) is 23.6 Å². The van der Waals surface area contributed by atoms with Crippen LogP contribution in [0.25, 0.3) is 0 Å². The Bertz CT molecular complexity index is 805. The molecule has 2 aromatic carbocycles. The van der Waals surface area contributed by atoms with Crippen molar-refractivity contribution in [1.82, 2.24) is 0 Å². The van der Waals surface area contributed by atoms with E-state index >= 15 is 0 Å². The highest BCUT2D eigenvalue weighted by Gasteiger charge is 2.30. The van der Waals surface area contributed by atoms with Crippen LogP contribution in [0.1, 0.15) is 42.0 Å². The maximum atomic E-state index is 10.5. The van der Waals surface area contributed by atoms with Crippen molar-refractivity contribution in [1.29, 1.82) is 0 Å². The Morgan fingerprint density at radius 1 is 1.27 bits per heavy atom. The summed E-state index contributed by atoms with van der Waals surface area (Å²) in [6.07, 6.45) is 0.364. The molecule has 0 radical (unpaired) electrons. The lowest BCUT2D eigenvalue weighted by atomic mass is 9.96. The first kappa shape index (κ1) is 19.5. The summed E-state index contributed by atoms with van der Waals surface area (Å²) in [7, 11) is 0. The number of aliphatic carboxylic acids is 1. The number of aromatic hydroxyl groups is 1. The van der Waals surface area contributed by atoms with Crippen LogP contribution >= 0.6 is 0 Å². The Morgan fingerprint density at radius 3 is 2.50 bits per heavy atom. The molecule has 2 aromatic rings. The van der Waals surface area contributed by atoms with Crippen molar-refractivity contribution in [2.45, 2.75) is 37.8 Å². The minimum atomic E-state index is -1.13. The number of phenolic OH excluding ortho intramolecular Hbond substituents is 1. The van der Waals surface area contributed by atoms with Crippen LogP contribution in [0.5, 0.6) is 5.75 Å². The fourth-order valence-corrected chi connectivity index (χ4v) is 2.96. The van der Waals surface area contributed by atoms with Crippen molar-refractivity contribution in [3.05, 3.63) is 65.2 Å². The van der Waals surface area contributed by atoms with E-state index < -0.39 is 5.97 Å². The summed E-state index contributed by atoms with van der Waals surface area (Å²) in [5.41, 5.74) is 7.14. The molecule has 0 bridgehead atoms. The molecule has 0 amide bonds. The van der Waals surface area contributed by atoms with Gasteiger partial charge < -0.3 is 25.8 Å². The van der Waals surface area contributed by atoms with Gasteiger partial charge in [0.05, 0.1) is 5.92 Å². The number of aliphatic hydroxyl groups excluding tert-OH is 1. The topological polar surface area (TPSA) is 108 Å². The number of hydrogen-bond donors (Lipinski definition) is 3. The summed E-state index contributed by atoms with van der Waals surface area (Å²) < 4.78 is 0. The molecule has 3 rings (SSSR count). The van der Waals surface area contributed by atoms with Gasteiger partial charge in [-0.1, -0.05) is 42.3 Å². The predicted octanol–water partition coefficient (Wildman–Crippen LogP) is 0.526. The van der Waals surface area contributed by atoms with Gasteiger partial charge in [0, 0.05) is 24.4 Å². The van der Waals surface area contributed by atoms with Crippen molar-refractivity contribution < 1.29 is 25.8 Å². The van der Waals surface area contributed by atoms with E-state index in [1.807, 2.05) is 18.2 Å². The molecule has 0 aromatic heterocycles. The van der Waals surface area contributed by atoms with Crippen LogP contribution in [0.3, 0.4) is 0 Å². The van der Waals surface area contributed by atoms with Crippen molar-refractivity contribution in [2.24, 2.45) is 0 Å². The van der Waals surface area contributed by atoms with Crippen LogP contribution in [0, 0.1) is 11.8 Å². The molecule has 0 saturated carbocycles. The fourth-order valence-electron chi connectivity index (χ4n) is 2.96. The average molecular weight is 353 g/mol. The lowest BCUT2D eigenvalue weighted by molar-refractivity contribution is -0.441. The Labute approximate surface area is 153 Å². The standard InChI is InChI=1S/C12H12O3.C9H11NO/c1-2-3-10(8-12(14)15)9-4-6-11(13)7-5-9;10-9-7-4-2-1-3-6(7)5-8(9)11/h4-7,10,13H,8H2,1H3,(H,14,15);1-4,8-9,11H,5,10H2/t10-;8-,9+/m10/s1. The number of phenols is 1. The van der Waals surface area contributed by atoms with Gasteiger partial charge >= 0.3 is 0 Å². The molecule has 26 heavy (non-hydrogen) atoms. The van der Waals surface area contributed by atoms with Crippen LogP contribution in [0.15, 0.2) is 48.5 Å².